The summed E-state index contributed by atoms with van der Waals surface area (Å²) in [5.41, 5.74) is 5.42. The molecular weight excluding hydrogens is 481 g/mol. The lowest BCUT2D eigenvalue weighted by atomic mass is 10.0. The molecule has 0 aliphatic carbocycles. The maximum Gasteiger partial charge on any atom is 0.416 e. The van der Waals surface area contributed by atoms with Crippen molar-refractivity contribution < 1.29 is 18.0 Å². The summed E-state index contributed by atoms with van der Waals surface area (Å²) in [6.45, 7) is 4.58. The van der Waals surface area contributed by atoms with Crippen LogP contribution in [0.25, 0.3) is 0 Å². The highest BCUT2D eigenvalue weighted by Crippen LogP contribution is 2.30. The molecule has 2 aromatic carbocycles. The van der Waals surface area contributed by atoms with Gasteiger partial charge in [-0.05, 0) is 49.1 Å². The van der Waals surface area contributed by atoms with Gasteiger partial charge in [-0.3, -0.25) is 15.1 Å². The minimum Gasteiger partial charge on any atom is -0.345 e. The Morgan fingerprint density at radius 3 is 2.49 bits per heavy atom. The number of aryl methyl sites for hydroxylation is 2. The standard InChI is InChI=1S/C27H29F3N6O/c1-19-32-18-24(33-19)25(16-21-5-7-22(17-31)8-6-21)35-11-13-36(14-12-35)34-26(37)10-9-20-3-2-4-23(15-20)27(28,29)30/h2-8,15,18,25H,9-14,16H2,1H3,(H,32,33)(H,34,37). The molecule has 0 saturated carbocycles. The van der Waals surface area contributed by atoms with Gasteiger partial charge in [0.2, 0.25) is 5.91 Å². The topological polar surface area (TPSA) is 88.1 Å². The van der Waals surface area contributed by atoms with Crippen LogP contribution in [0.5, 0.6) is 0 Å². The zero-order valence-corrected chi connectivity index (χ0v) is 20.6. The number of imidazole rings is 1. The molecule has 37 heavy (non-hydrogen) atoms. The molecule has 194 valence electrons. The van der Waals surface area contributed by atoms with Crippen molar-refractivity contribution >= 4 is 5.91 Å². The molecule has 1 saturated heterocycles. The molecule has 0 bridgehead atoms. The smallest absolute Gasteiger partial charge is 0.345 e. The van der Waals surface area contributed by atoms with Crippen LogP contribution in [-0.4, -0.2) is 52.0 Å². The van der Waals surface area contributed by atoms with E-state index in [2.05, 4.69) is 26.4 Å². The lowest BCUT2D eigenvalue weighted by Gasteiger charge is -2.39. The van der Waals surface area contributed by atoms with Gasteiger partial charge in [0.05, 0.1) is 28.9 Å². The number of rotatable bonds is 8. The van der Waals surface area contributed by atoms with E-state index in [0.29, 0.717) is 37.3 Å². The maximum atomic E-state index is 12.9. The van der Waals surface area contributed by atoms with E-state index < -0.39 is 11.7 Å². The molecular formula is C27H29F3N6O. The number of carbonyl (C=O) groups is 1. The number of amides is 1. The second-order valence-corrected chi connectivity index (χ2v) is 9.21. The number of piperazine rings is 1. The first-order chi connectivity index (χ1) is 17.7. The first-order valence-electron chi connectivity index (χ1n) is 12.2. The van der Waals surface area contributed by atoms with Crippen molar-refractivity contribution in [3.63, 3.8) is 0 Å². The Morgan fingerprint density at radius 1 is 1.14 bits per heavy atom. The Morgan fingerprint density at radius 2 is 1.86 bits per heavy atom. The van der Waals surface area contributed by atoms with E-state index in [4.69, 9.17) is 5.26 Å². The first kappa shape index (κ1) is 26.4. The highest BCUT2D eigenvalue weighted by molar-refractivity contribution is 5.75. The number of H-pyrrole nitrogens is 1. The minimum absolute atomic E-state index is 0.0629. The van der Waals surface area contributed by atoms with Gasteiger partial charge in [0.15, 0.2) is 0 Å². The zero-order valence-electron chi connectivity index (χ0n) is 20.6. The summed E-state index contributed by atoms with van der Waals surface area (Å²) in [5, 5.41) is 10.9. The molecule has 2 heterocycles. The number of nitriles is 1. The van der Waals surface area contributed by atoms with Crippen LogP contribution in [0.3, 0.4) is 0 Å². The zero-order chi connectivity index (χ0) is 26.4. The van der Waals surface area contributed by atoms with Crippen molar-refractivity contribution in [3.8, 4) is 6.07 Å². The largest absolute Gasteiger partial charge is 0.416 e. The molecule has 3 aromatic rings. The summed E-state index contributed by atoms with van der Waals surface area (Å²) in [6.07, 6.45) is -1.45. The molecule has 2 N–H and O–H groups in total. The Labute approximate surface area is 213 Å². The number of carbonyl (C=O) groups excluding carboxylic acids is 1. The average molecular weight is 511 g/mol. The molecule has 1 aromatic heterocycles. The molecule has 7 nitrogen and oxygen atoms in total. The van der Waals surface area contributed by atoms with Gasteiger partial charge in [0.25, 0.3) is 0 Å². The lowest BCUT2D eigenvalue weighted by molar-refractivity contribution is -0.137. The lowest BCUT2D eigenvalue weighted by Crippen LogP contribution is -2.54. The predicted molar refractivity (Wildman–Crippen MR) is 132 cm³/mol. The van der Waals surface area contributed by atoms with Gasteiger partial charge in [0.1, 0.15) is 5.82 Å². The minimum atomic E-state index is -4.40. The number of hydrogen-bond donors (Lipinski definition) is 2. The maximum absolute atomic E-state index is 12.9. The van der Waals surface area contributed by atoms with Crippen LogP contribution < -0.4 is 5.43 Å². The van der Waals surface area contributed by atoms with Crippen LogP contribution >= 0.6 is 0 Å². The van der Waals surface area contributed by atoms with E-state index in [1.54, 1.807) is 6.07 Å². The number of benzene rings is 2. The quantitative estimate of drug-likeness (QED) is 0.475. The Kier molecular flexibility index (Phi) is 8.26. The van der Waals surface area contributed by atoms with E-state index in [1.807, 2.05) is 42.4 Å². The number of hydrazine groups is 1. The van der Waals surface area contributed by atoms with Gasteiger partial charge in [-0.15, -0.1) is 0 Å². The van der Waals surface area contributed by atoms with Gasteiger partial charge < -0.3 is 4.98 Å². The fourth-order valence-electron chi connectivity index (χ4n) is 4.52. The molecule has 4 rings (SSSR count). The Bertz CT molecular complexity index is 1240. The van der Waals surface area contributed by atoms with Crippen LogP contribution in [0.1, 0.15) is 46.2 Å². The third-order valence-electron chi connectivity index (χ3n) is 6.53. The number of alkyl halides is 3. The first-order valence-corrected chi connectivity index (χ1v) is 12.2. The number of aromatic nitrogens is 2. The molecule has 1 fully saturated rings. The number of halogens is 3. The summed E-state index contributed by atoms with van der Waals surface area (Å²) in [7, 11) is 0. The molecule has 0 spiro atoms. The van der Waals surface area contributed by atoms with Crippen molar-refractivity contribution in [2.24, 2.45) is 0 Å². The van der Waals surface area contributed by atoms with E-state index in [-0.39, 0.29) is 24.8 Å². The van der Waals surface area contributed by atoms with Crippen LogP contribution in [0.15, 0.2) is 54.7 Å². The van der Waals surface area contributed by atoms with Gasteiger partial charge in [-0.2, -0.15) is 18.4 Å². The second kappa shape index (κ2) is 11.6. The summed E-state index contributed by atoms with van der Waals surface area (Å²) in [4.78, 5) is 22.5. The molecule has 1 aliphatic heterocycles. The average Bonchev–Trinajstić information content (AvgIpc) is 3.32. The normalized spacial score (nSPS) is 15.8. The summed E-state index contributed by atoms with van der Waals surface area (Å²) in [5.74, 6) is 0.621. The molecule has 1 amide bonds. The molecule has 1 unspecified atom stereocenters. The van der Waals surface area contributed by atoms with Crippen LogP contribution in [-0.2, 0) is 23.8 Å². The summed E-state index contributed by atoms with van der Waals surface area (Å²) < 4.78 is 38.8. The van der Waals surface area contributed by atoms with E-state index in [9.17, 15) is 18.0 Å². The van der Waals surface area contributed by atoms with Crippen molar-refractivity contribution in [3.05, 3.63) is 88.5 Å². The third-order valence-corrected chi connectivity index (χ3v) is 6.53. The van der Waals surface area contributed by atoms with Crippen LogP contribution in [0.4, 0.5) is 13.2 Å². The van der Waals surface area contributed by atoms with Crippen molar-refractivity contribution in [1.29, 1.82) is 5.26 Å². The van der Waals surface area contributed by atoms with E-state index in [1.165, 1.54) is 6.07 Å². The van der Waals surface area contributed by atoms with Gasteiger partial charge >= 0.3 is 6.18 Å². The predicted octanol–water partition coefficient (Wildman–Crippen LogP) is 4.17. The number of aromatic amines is 1. The van der Waals surface area contributed by atoms with E-state index >= 15 is 0 Å². The van der Waals surface area contributed by atoms with Crippen LogP contribution in [0.2, 0.25) is 0 Å². The number of hydrogen-bond acceptors (Lipinski definition) is 5. The fourth-order valence-corrected chi connectivity index (χ4v) is 4.52. The highest BCUT2D eigenvalue weighted by Gasteiger charge is 2.30. The van der Waals surface area contributed by atoms with Gasteiger partial charge in [0, 0.05) is 38.8 Å². The van der Waals surface area contributed by atoms with Crippen LogP contribution in [0, 0.1) is 18.3 Å². The van der Waals surface area contributed by atoms with Crippen molar-refractivity contribution in [1.82, 2.24) is 25.3 Å². The monoisotopic (exact) mass is 510 g/mol. The van der Waals surface area contributed by atoms with Gasteiger partial charge in [-0.1, -0.05) is 30.3 Å². The molecule has 1 aliphatic rings. The third kappa shape index (κ3) is 7.18. The Balaban J connectivity index is 1.31. The summed E-state index contributed by atoms with van der Waals surface area (Å²) >= 11 is 0. The second-order valence-electron chi connectivity index (χ2n) is 9.21. The fraction of sp³-hybridized carbons (Fsp3) is 0.370. The van der Waals surface area contributed by atoms with Crippen molar-refractivity contribution in [2.75, 3.05) is 26.2 Å². The highest BCUT2D eigenvalue weighted by atomic mass is 19.4. The number of nitrogens with zero attached hydrogens (tertiary/aromatic N) is 4. The number of nitrogens with one attached hydrogen (secondary N) is 2. The molecule has 1 atom stereocenters. The summed E-state index contributed by atoms with van der Waals surface area (Å²) in [6, 6.07) is 14.9. The Hall–Kier alpha value is -3.68. The SMILES string of the molecule is Cc1ncc(C(Cc2ccc(C#N)cc2)N2CCN(NC(=O)CCc3cccc(C(F)(F)F)c3)CC2)[nH]1. The van der Waals surface area contributed by atoms with Crippen molar-refractivity contribution in [2.45, 2.75) is 38.4 Å². The van der Waals surface area contributed by atoms with Gasteiger partial charge in [-0.25, -0.2) is 9.99 Å². The van der Waals surface area contributed by atoms with E-state index in [0.717, 1.165) is 35.6 Å². The molecule has 10 heteroatoms. The molecule has 0 radical (unpaired) electrons.